The maximum atomic E-state index is 14.9. The largest absolute Gasteiger partial charge is 0.476 e. The minimum Gasteiger partial charge on any atom is -0.476 e. The summed E-state index contributed by atoms with van der Waals surface area (Å²) in [6, 6.07) is 18.7. The van der Waals surface area contributed by atoms with E-state index in [4.69, 9.17) is 0 Å². The third-order valence-electron chi connectivity index (χ3n) is 8.39. The third kappa shape index (κ3) is 4.19. The van der Waals surface area contributed by atoms with Gasteiger partial charge in [0.25, 0.3) is 0 Å². The first kappa shape index (κ1) is 28.5. The summed E-state index contributed by atoms with van der Waals surface area (Å²) < 4.78 is 4.20. The van der Waals surface area contributed by atoms with Crippen molar-refractivity contribution in [2.75, 3.05) is 0 Å². The first-order chi connectivity index (χ1) is 21.2. The summed E-state index contributed by atoms with van der Waals surface area (Å²) in [4.78, 5) is 48.4. The van der Waals surface area contributed by atoms with Gasteiger partial charge in [-0.15, -0.1) is 0 Å². The lowest BCUT2D eigenvalue weighted by atomic mass is 9.87. The van der Waals surface area contributed by atoms with Crippen LogP contribution in [0, 0.1) is 13.8 Å². The quantitative estimate of drug-likeness (QED) is 0.184. The van der Waals surface area contributed by atoms with Gasteiger partial charge in [-0.25, -0.2) is 19.6 Å². The molecule has 220 valence electrons. The molecule has 0 saturated carbocycles. The summed E-state index contributed by atoms with van der Waals surface area (Å²) in [5, 5.41) is 22.3. The zero-order valence-electron chi connectivity index (χ0n) is 24.8. The smallest absolute Gasteiger partial charge is 0.355 e. The molecular formula is C35H30N4O5. The van der Waals surface area contributed by atoms with Crippen LogP contribution in [0.5, 0.6) is 0 Å². The molecule has 0 spiro atoms. The lowest BCUT2D eigenvalue weighted by molar-refractivity contribution is 0.0680. The number of carbonyl (C=O) groups excluding carboxylic acids is 1. The number of benzene rings is 2. The van der Waals surface area contributed by atoms with Crippen molar-refractivity contribution in [1.29, 1.82) is 0 Å². The zero-order valence-corrected chi connectivity index (χ0v) is 24.8. The number of aromatic nitrogens is 4. The van der Waals surface area contributed by atoms with Crippen molar-refractivity contribution in [3.8, 4) is 22.3 Å². The first-order valence-electron chi connectivity index (χ1n) is 14.4. The highest BCUT2D eigenvalue weighted by atomic mass is 16.4. The van der Waals surface area contributed by atoms with Crippen LogP contribution in [0.1, 0.15) is 62.1 Å². The van der Waals surface area contributed by atoms with Gasteiger partial charge in [0.1, 0.15) is 0 Å². The highest BCUT2D eigenvalue weighted by Gasteiger charge is 2.33. The van der Waals surface area contributed by atoms with Gasteiger partial charge in [-0.05, 0) is 63.1 Å². The lowest BCUT2D eigenvalue weighted by Gasteiger charge is -2.16. The van der Waals surface area contributed by atoms with Gasteiger partial charge in [-0.2, -0.15) is 0 Å². The Morgan fingerprint density at radius 2 is 1.02 bits per heavy atom. The van der Waals surface area contributed by atoms with Crippen molar-refractivity contribution in [2.45, 2.75) is 40.8 Å². The van der Waals surface area contributed by atoms with Crippen LogP contribution >= 0.6 is 0 Å². The van der Waals surface area contributed by atoms with E-state index in [1.165, 1.54) is 12.4 Å². The number of pyridine rings is 2. The predicted octanol–water partition coefficient (Wildman–Crippen LogP) is 7.00. The Bertz CT molecular complexity index is 2000. The van der Waals surface area contributed by atoms with Crippen molar-refractivity contribution in [3.05, 3.63) is 107 Å². The average Bonchev–Trinajstić information content (AvgIpc) is 3.48. The van der Waals surface area contributed by atoms with Crippen LogP contribution in [0.15, 0.2) is 73.1 Å². The number of hydrogen-bond acceptors (Lipinski definition) is 5. The van der Waals surface area contributed by atoms with E-state index >= 15 is 0 Å². The second-order valence-electron chi connectivity index (χ2n) is 10.5. The number of carbonyl (C=O) groups is 3. The van der Waals surface area contributed by atoms with E-state index < -0.39 is 29.1 Å². The van der Waals surface area contributed by atoms with Gasteiger partial charge in [0.2, 0.25) is 0 Å². The number of carboxylic acids is 2. The molecule has 0 aliphatic rings. The number of ketones is 1. The molecule has 44 heavy (non-hydrogen) atoms. The number of para-hydroxylation sites is 2. The summed E-state index contributed by atoms with van der Waals surface area (Å²) in [5.41, 5.74) is 4.38. The average molecular weight is 587 g/mol. The topological polar surface area (TPSA) is 127 Å². The van der Waals surface area contributed by atoms with Crippen LogP contribution in [0.2, 0.25) is 0 Å². The van der Waals surface area contributed by atoms with E-state index in [2.05, 4.69) is 19.1 Å². The zero-order chi connectivity index (χ0) is 31.3. The van der Waals surface area contributed by atoms with Crippen LogP contribution in [0.3, 0.4) is 0 Å². The van der Waals surface area contributed by atoms with E-state index in [0.29, 0.717) is 35.3 Å². The van der Waals surface area contributed by atoms with Crippen molar-refractivity contribution in [2.24, 2.45) is 0 Å². The van der Waals surface area contributed by atoms with E-state index in [9.17, 15) is 24.6 Å². The Morgan fingerprint density at radius 3 is 1.39 bits per heavy atom. The third-order valence-corrected chi connectivity index (χ3v) is 8.39. The Kier molecular flexibility index (Phi) is 7.09. The second kappa shape index (κ2) is 10.9. The number of nitrogens with zero attached hydrogens (tertiary/aromatic N) is 4. The number of carboxylic acid groups (broad SMARTS) is 2. The molecule has 0 aliphatic heterocycles. The fourth-order valence-electron chi connectivity index (χ4n) is 6.61. The summed E-state index contributed by atoms with van der Waals surface area (Å²) in [7, 11) is 0. The minimum atomic E-state index is -1.40. The summed E-state index contributed by atoms with van der Waals surface area (Å²) in [6.45, 7) is 9.19. The maximum Gasteiger partial charge on any atom is 0.355 e. The van der Waals surface area contributed by atoms with Gasteiger partial charge in [0, 0.05) is 69.8 Å². The summed E-state index contributed by atoms with van der Waals surface area (Å²) in [6.07, 6.45) is 2.74. The monoisotopic (exact) mass is 586 g/mol. The van der Waals surface area contributed by atoms with Gasteiger partial charge in [0.05, 0.1) is 11.1 Å². The van der Waals surface area contributed by atoms with Crippen molar-refractivity contribution >= 4 is 39.5 Å². The summed E-state index contributed by atoms with van der Waals surface area (Å²) in [5.74, 6) is -3.56. The van der Waals surface area contributed by atoms with Crippen LogP contribution < -0.4 is 0 Å². The van der Waals surface area contributed by atoms with Gasteiger partial charge >= 0.3 is 11.9 Å². The van der Waals surface area contributed by atoms with E-state index in [1.54, 1.807) is 12.1 Å². The van der Waals surface area contributed by atoms with E-state index in [-0.39, 0.29) is 11.1 Å². The van der Waals surface area contributed by atoms with Crippen molar-refractivity contribution < 1.29 is 24.6 Å². The molecule has 0 atom stereocenters. The molecule has 6 rings (SSSR count). The fraction of sp³-hybridized carbons (Fsp3) is 0.171. The maximum absolute atomic E-state index is 14.9. The van der Waals surface area contributed by atoms with Crippen molar-refractivity contribution in [1.82, 2.24) is 19.1 Å². The molecule has 6 aromatic rings. The van der Waals surface area contributed by atoms with Gasteiger partial charge in [-0.1, -0.05) is 36.4 Å². The molecule has 0 aliphatic carbocycles. The number of aryl methyl sites for hydroxylation is 2. The SMILES string of the molecule is CCn1c(C)c(-c2ccnc(C(=O)O)c2C(=O)c2c(-c3c(C)n(CC)c4ccccc34)ccnc2C(=O)O)c2ccccc21. The highest BCUT2D eigenvalue weighted by Crippen LogP contribution is 2.41. The second-order valence-corrected chi connectivity index (χ2v) is 10.5. The number of rotatable bonds is 8. The molecule has 0 fully saturated rings. The molecule has 4 aromatic heterocycles. The number of fused-ring (bicyclic) bond motifs is 2. The predicted molar refractivity (Wildman–Crippen MR) is 169 cm³/mol. The molecule has 4 heterocycles. The Morgan fingerprint density at radius 1 is 0.636 bits per heavy atom. The number of aromatic carboxylic acids is 2. The number of hydrogen-bond donors (Lipinski definition) is 2. The van der Waals surface area contributed by atoms with Gasteiger partial charge in [0.15, 0.2) is 17.2 Å². The molecule has 0 amide bonds. The molecule has 0 radical (unpaired) electrons. The highest BCUT2D eigenvalue weighted by molar-refractivity contribution is 6.24. The molecule has 9 nitrogen and oxygen atoms in total. The molecule has 2 N–H and O–H groups in total. The minimum absolute atomic E-state index is 0.185. The Balaban J connectivity index is 1.73. The molecule has 9 heteroatoms. The standard InChI is InChI=1S/C35H30N4O5/c1-5-38-19(3)27(21-11-7-9-13-25(21)38)23-15-17-36-31(34(41)42)29(23)33(40)30-24(16-18-37-32(30)35(43)44)28-20(4)39(6-2)26-14-10-8-12-22(26)28/h7-18H,5-6H2,1-4H3,(H,41,42)(H,43,44). The normalized spacial score (nSPS) is 11.4. The lowest BCUT2D eigenvalue weighted by Crippen LogP contribution is -2.18. The fourth-order valence-corrected chi connectivity index (χ4v) is 6.61. The van der Waals surface area contributed by atoms with Crippen LogP contribution in [-0.2, 0) is 13.1 Å². The molecule has 2 aromatic carbocycles. The Labute approximate surface area is 253 Å². The van der Waals surface area contributed by atoms with Crippen LogP contribution in [0.25, 0.3) is 44.1 Å². The molecular weight excluding hydrogens is 556 g/mol. The molecule has 0 unspecified atom stereocenters. The molecule has 0 bridgehead atoms. The van der Waals surface area contributed by atoms with Crippen LogP contribution in [0.4, 0.5) is 0 Å². The van der Waals surface area contributed by atoms with Gasteiger partial charge < -0.3 is 19.3 Å². The first-order valence-corrected chi connectivity index (χ1v) is 14.4. The van der Waals surface area contributed by atoms with Crippen LogP contribution in [-0.4, -0.2) is 47.0 Å². The van der Waals surface area contributed by atoms with E-state index in [1.807, 2.05) is 76.2 Å². The molecule has 0 saturated heterocycles. The van der Waals surface area contributed by atoms with Gasteiger partial charge in [-0.3, -0.25) is 4.79 Å². The Hall–Kier alpha value is -5.57. The summed E-state index contributed by atoms with van der Waals surface area (Å²) >= 11 is 0. The van der Waals surface area contributed by atoms with Crippen molar-refractivity contribution in [3.63, 3.8) is 0 Å². The van der Waals surface area contributed by atoms with E-state index in [0.717, 1.165) is 33.2 Å².